The van der Waals surface area contributed by atoms with Gasteiger partial charge in [0.2, 0.25) is 6.79 Å². The largest absolute Gasteiger partial charge is 0.461 e. The van der Waals surface area contributed by atoms with Crippen molar-refractivity contribution in [2.75, 3.05) is 18.7 Å². The van der Waals surface area contributed by atoms with Crippen molar-refractivity contribution in [1.82, 2.24) is 4.57 Å². The molecule has 2 aromatic carbocycles. The number of fused-ring (bicyclic) bond motifs is 1. The van der Waals surface area contributed by atoms with Gasteiger partial charge in [0, 0.05) is 24.9 Å². The van der Waals surface area contributed by atoms with E-state index >= 15 is 0 Å². The van der Waals surface area contributed by atoms with Crippen LogP contribution in [0.4, 0.5) is 14.5 Å². The Labute approximate surface area is 176 Å². The number of ether oxygens (including phenoxy) is 3. The maximum absolute atomic E-state index is 14.1. The first-order chi connectivity index (χ1) is 14.9. The number of nitrogens with one attached hydrogen (secondary N) is 1. The zero-order valence-electron chi connectivity index (χ0n) is 16.7. The molecule has 160 valence electrons. The van der Waals surface area contributed by atoms with Crippen molar-refractivity contribution in [3.63, 3.8) is 0 Å². The van der Waals surface area contributed by atoms with Crippen LogP contribution in [0, 0.1) is 11.6 Å². The predicted octanol–water partition coefficient (Wildman–Crippen LogP) is 4.13. The number of anilines is 1. The van der Waals surface area contributed by atoms with Crippen molar-refractivity contribution >= 4 is 17.6 Å². The summed E-state index contributed by atoms with van der Waals surface area (Å²) in [4.78, 5) is 25.4. The second-order valence-corrected chi connectivity index (χ2v) is 6.74. The van der Waals surface area contributed by atoms with Gasteiger partial charge in [-0.25, -0.2) is 13.6 Å². The lowest BCUT2D eigenvalue weighted by Crippen LogP contribution is -2.18. The monoisotopic (exact) mass is 428 g/mol. The van der Waals surface area contributed by atoms with Crippen molar-refractivity contribution in [3.8, 4) is 22.6 Å². The number of esters is 1. The Morgan fingerprint density at radius 2 is 1.90 bits per heavy atom. The van der Waals surface area contributed by atoms with Crippen molar-refractivity contribution in [2.45, 2.75) is 6.92 Å². The summed E-state index contributed by atoms with van der Waals surface area (Å²) in [5.41, 5.74) is 0.959. The van der Waals surface area contributed by atoms with Gasteiger partial charge in [-0.2, -0.15) is 0 Å². The Hall–Kier alpha value is -3.88. The lowest BCUT2D eigenvalue weighted by molar-refractivity contribution is 0.0516. The van der Waals surface area contributed by atoms with E-state index in [4.69, 9.17) is 14.2 Å². The first-order valence-corrected chi connectivity index (χ1v) is 9.42. The Morgan fingerprint density at radius 3 is 2.65 bits per heavy atom. The highest BCUT2D eigenvalue weighted by molar-refractivity contribution is 6.11. The molecular weight excluding hydrogens is 410 g/mol. The van der Waals surface area contributed by atoms with E-state index in [1.54, 1.807) is 38.4 Å². The molecule has 0 aliphatic carbocycles. The summed E-state index contributed by atoms with van der Waals surface area (Å²) in [5, 5.41) is 2.59. The van der Waals surface area contributed by atoms with E-state index < -0.39 is 23.5 Å². The number of nitrogens with zero attached hydrogens (tertiary/aromatic N) is 1. The van der Waals surface area contributed by atoms with Crippen molar-refractivity contribution < 1.29 is 32.6 Å². The third-order valence-corrected chi connectivity index (χ3v) is 4.75. The van der Waals surface area contributed by atoms with Crippen molar-refractivity contribution in [3.05, 3.63) is 65.5 Å². The van der Waals surface area contributed by atoms with Gasteiger partial charge in [0.25, 0.3) is 5.91 Å². The minimum absolute atomic E-state index is 0.0744. The maximum Gasteiger partial charge on any atom is 0.357 e. The van der Waals surface area contributed by atoms with Crippen LogP contribution >= 0.6 is 0 Å². The molecule has 2 heterocycles. The zero-order valence-corrected chi connectivity index (χ0v) is 16.7. The third kappa shape index (κ3) is 3.81. The van der Waals surface area contributed by atoms with Gasteiger partial charge < -0.3 is 24.1 Å². The lowest BCUT2D eigenvalue weighted by Gasteiger charge is -2.11. The van der Waals surface area contributed by atoms with Gasteiger partial charge in [0.15, 0.2) is 17.2 Å². The fourth-order valence-corrected chi connectivity index (χ4v) is 3.34. The van der Waals surface area contributed by atoms with E-state index in [-0.39, 0.29) is 30.3 Å². The molecule has 0 radical (unpaired) electrons. The molecule has 1 aromatic heterocycles. The number of rotatable bonds is 5. The standard InChI is InChI=1S/C22H18F2N2O5/c1-3-29-22(28)20-19(25-21(27)14-6-5-13(23)9-16(14)24)15(10-26(20)2)12-4-7-17-18(8-12)31-11-30-17/h4-10H,3,11H2,1-2H3,(H,25,27). The molecule has 1 amide bonds. The molecule has 0 atom stereocenters. The highest BCUT2D eigenvalue weighted by Crippen LogP contribution is 2.40. The summed E-state index contributed by atoms with van der Waals surface area (Å²) in [6.45, 7) is 1.88. The molecule has 31 heavy (non-hydrogen) atoms. The number of carbonyl (C=O) groups is 2. The number of benzene rings is 2. The SMILES string of the molecule is CCOC(=O)c1c(NC(=O)c2ccc(F)cc2F)c(-c2ccc3c(c2)OCO3)cn1C. The summed E-state index contributed by atoms with van der Waals surface area (Å²) < 4.78 is 44.7. The number of amides is 1. The summed E-state index contributed by atoms with van der Waals surface area (Å²) in [5.74, 6) is -2.23. The maximum atomic E-state index is 14.1. The van der Waals surface area contributed by atoms with Crippen LogP contribution in [-0.4, -0.2) is 29.8 Å². The van der Waals surface area contributed by atoms with E-state index in [1.807, 2.05) is 0 Å². The minimum Gasteiger partial charge on any atom is -0.461 e. The zero-order chi connectivity index (χ0) is 22.1. The van der Waals surface area contributed by atoms with Crippen molar-refractivity contribution in [2.24, 2.45) is 7.05 Å². The molecule has 0 bridgehead atoms. The van der Waals surface area contributed by atoms with E-state index in [1.165, 1.54) is 4.57 Å². The average molecular weight is 428 g/mol. The average Bonchev–Trinajstić information content (AvgIpc) is 3.31. The first kappa shape index (κ1) is 20.4. The number of aromatic nitrogens is 1. The quantitative estimate of drug-likeness (QED) is 0.619. The highest BCUT2D eigenvalue weighted by Gasteiger charge is 2.26. The van der Waals surface area contributed by atoms with Crippen LogP contribution in [0.3, 0.4) is 0 Å². The van der Waals surface area contributed by atoms with Gasteiger partial charge in [-0.05, 0) is 36.8 Å². The third-order valence-electron chi connectivity index (χ3n) is 4.75. The Bertz CT molecular complexity index is 1190. The van der Waals surface area contributed by atoms with Crippen LogP contribution in [0.1, 0.15) is 27.8 Å². The molecule has 0 saturated heterocycles. The Morgan fingerprint density at radius 1 is 1.13 bits per heavy atom. The lowest BCUT2D eigenvalue weighted by atomic mass is 10.1. The van der Waals surface area contributed by atoms with E-state index in [0.717, 1.165) is 12.1 Å². The van der Waals surface area contributed by atoms with Crippen LogP contribution in [0.2, 0.25) is 0 Å². The fourth-order valence-electron chi connectivity index (χ4n) is 3.34. The van der Waals surface area contributed by atoms with Crippen LogP contribution in [0.15, 0.2) is 42.6 Å². The van der Waals surface area contributed by atoms with Crippen LogP contribution in [0.5, 0.6) is 11.5 Å². The van der Waals surface area contributed by atoms with Crippen LogP contribution in [0.25, 0.3) is 11.1 Å². The summed E-state index contributed by atoms with van der Waals surface area (Å²) in [6.07, 6.45) is 1.64. The summed E-state index contributed by atoms with van der Waals surface area (Å²) in [7, 11) is 1.62. The molecule has 0 saturated carbocycles. The predicted molar refractivity (Wildman–Crippen MR) is 107 cm³/mol. The molecular formula is C22H18F2N2O5. The molecule has 3 aromatic rings. The van der Waals surface area contributed by atoms with Crippen LogP contribution < -0.4 is 14.8 Å². The smallest absolute Gasteiger partial charge is 0.357 e. The Balaban J connectivity index is 1.80. The number of aryl methyl sites for hydroxylation is 1. The van der Waals surface area contributed by atoms with Gasteiger partial charge in [-0.3, -0.25) is 4.79 Å². The minimum atomic E-state index is -1.02. The van der Waals surface area contributed by atoms with Crippen molar-refractivity contribution in [1.29, 1.82) is 0 Å². The van der Waals surface area contributed by atoms with Gasteiger partial charge in [-0.1, -0.05) is 6.07 Å². The number of carbonyl (C=O) groups excluding carboxylic acids is 2. The highest BCUT2D eigenvalue weighted by atomic mass is 19.1. The number of hydrogen-bond donors (Lipinski definition) is 1. The van der Waals surface area contributed by atoms with E-state index in [0.29, 0.717) is 28.7 Å². The molecule has 1 aliphatic heterocycles. The second-order valence-electron chi connectivity index (χ2n) is 6.74. The molecule has 0 spiro atoms. The molecule has 9 heteroatoms. The van der Waals surface area contributed by atoms with Crippen LogP contribution in [-0.2, 0) is 11.8 Å². The van der Waals surface area contributed by atoms with Gasteiger partial charge in [0.1, 0.15) is 11.6 Å². The normalized spacial score (nSPS) is 12.0. The number of hydrogen-bond acceptors (Lipinski definition) is 5. The van der Waals surface area contributed by atoms with Gasteiger partial charge in [-0.15, -0.1) is 0 Å². The fraction of sp³-hybridized carbons (Fsp3) is 0.182. The number of halogens is 2. The molecule has 0 fully saturated rings. The second kappa shape index (κ2) is 8.10. The molecule has 1 aliphatic rings. The van der Waals surface area contributed by atoms with Gasteiger partial charge >= 0.3 is 5.97 Å². The Kier molecular flexibility index (Phi) is 5.33. The molecule has 1 N–H and O–H groups in total. The molecule has 0 unspecified atom stereocenters. The van der Waals surface area contributed by atoms with Gasteiger partial charge in [0.05, 0.1) is 17.9 Å². The topological polar surface area (TPSA) is 78.8 Å². The molecule has 4 rings (SSSR count). The summed E-state index contributed by atoms with van der Waals surface area (Å²) in [6, 6.07) is 7.79. The first-order valence-electron chi connectivity index (χ1n) is 9.42. The molecule has 7 nitrogen and oxygen atoms in total. The summed E-state index contributed by atoms with van der Waals surface area (Å²) >= 11 is 0. The van der Waals surface area contributed by atoms with E-state index in [9.17, 15) is 18.4 Å². The van der Waals surface area contributed by atoms with E-state index in [2.05, 4.69) is 5.32 Å².